The van der Waals surface area contributed by atoms with E-state index in [0.29, 0.717) is 24.7 Å². The summed E-state index contributed by atoms with van der Waals surface area (Å²) in [6, 6.07) is 12.6. The number of sulfonamides is 1. The van der Waals surface area contributed by atoms with Crippen molar-refractivity contribution in [2.45, 2.75) is 0 Å². The first-order valence-corrected chi connectivity index (χ1v) is 8.63. The molecule has 0 amide bonds. The number of rotatable bonds is 4. The predicted molar refractivity (Wildman–Crippen MR) is 85.6 cm³/mol. The van der Waals surface area contributed by atoms with Crippen molar-refractivity contribution in [3.63, 3.8) is 0 Å². The minimum absolute atomic E-state index is 0.523. The molecule has 6 nitrogen and oxygen atoms in total. The maximum Gasteiger partial charge on any atom is 0.229 e. The van der Waals surface area contributed by atoms with E-state index in [1.54, 1.807) is 24.3 Å². The Hall–Kier alpha value is -2.41. The van der Waals surface area contributed by atoms with E-state index >= 15 is 0 Å². The zero-order valence-electron chi connectivity index (χ0n) is 12.0. The van der Waals surface area contributed by atoms with Crippen molar-refractivity contribution in [2.75, 3.05) is 29.5 Å². The minimum atomic E-state index is -3.26. The highest BCUT2D eigenvalue weighted by Crippen LogP contribution is 2.33. The molecule has 3 rings (SSSR count). The zero-order chi connectivity index (χ0) is 15.6. The van der Waals surface area contributed by atoms with Gasteiger partial charge in [-0.15, -0.1) is 0 Å². The lowest BCUT2D eigenvalue weighted by molar-refractivity contribution is 0.171. The molecule has 2 aromatic carbocycles. The number of hydrogen-bond donors (Lipinski definition) is 2. The van der Waals surface area contributed by atoms with Crippen LogP contribution in [0.4, 0.5) is 17.1 Å². The number of anilines is 3. The quantitative estimate of drug-likeness (QED) is 0.905. The molecule has 0 aliphatic carbocycles. The van der Waals surface area contributed by atoms with E-state index in [1.165, 1.54) is 0 Å². The molecule has 0 spiro atoms. The summed E-state index contributed by atoms with van der Waals surface area (Å²) in [5.41, 5.74) is 2.24. The lowest BCUT2D eigenvalue weighted by atomic mass is 10.2. The van der Waals surface area contributed by atoms with Gasteiger partial charge in [-0.05, 0) is 36.4 Å². The van der Waals surface area contributed by atoms with Gasteiger partial charge in [0.15, 0.2) is 11.5 Å². The third-order valence-corrected chi connectivity index (χ3v) is 3.63. The van der Waals surface area contributed by atoms with E-state index in [9.17, 15) is 8.42 Å². The Balaban J connectivity index is 1.73. The first kappa shape index (κ1) is 14.5. The van der Waals surface area contributed by atoms with Gasteiger partial charge in [-0.3, -0.25) is 4.72 Å². The Morgan fingerprint density at radius 1 is 0.864 bits per heavy atom. The van der Waals surface area contributed by atoms with Crippen molar-refractivity contribution in [3.05, 3.63) is 42.5 Å². The van der Waals surface area contributed by atoms with E-state index in [4.69, 9.17) is 9.47 Å². The molecule has 0 fully saturated rings. The van der Waals surface area contributed by atoms with Crippen molar-refractivity contribution in [3.8, 4) is 11.5 Å². The van der Waals surface area contributed by atoms with Crippen molar-refractivity contribution in [1.29, 1.82) is 0 Å². The summed E-state index contributed by atoms with van der Waals surface area (Å²) in [6.07, 6.45) is 1.12. The number of benzene rings is 2. The highest BCUT2D eigenvalue weighted by Gasteiger charge is 2.11. The van der Waals surface area contributed by atoms with Crippen LogP contribution in [0.3, 0.4) is 0 Å². The Morgan fingerprint density at radius 2 is 1.45 bits per heavy atom. The summed E-state index contributed by atoms with van der Waals surface area (Å²) in [5.74, 6) is 1.45. The molecule has 1 heterocycles. The molecule has 0 aromatic heterocycles. The van der Waals surface area contributed by atoms with Crippen molar-refractivity contribution in [2.24, 2.45) is 0 Å². The Morgan fingerprint density at radius 3 is 2.14 bits per heavy atom. The molecule has 22 heavy (non-hydrogen) atoms. The molecular formula is C15H16N2O4S. The van der Waals surface area contributed by atoms with Crippen LogP contribution in [0, 0.1) is 0 Å². The SMILES string of the molecule is CS(=O)(=O)Nc1ccc(Nc2ccc3c(c2)OCCO3)cc1. The molecule has 0 bridgehead atoms. The Bertz CT molecular complexity index is 773. The number of nitrogens with one attached hydrogen (secondary N) is 2. The summed E-state index contributed by atoms with van der Waals surface area (Å²) in [7, 11) is -3.26. The second-order valence-electron chi connectivity index (χ2n) is 4.94. The Labute approximate surface area is 129 Å². The summed E-state index contributed by atoms with van der Waals surface area (Å²) in [6.45, 7) is 1.11. The second-order valence-corrected chi connectivity index (χ2v) is 6.68. The van der Waals surface area contributed by atoms with Crippen LogP contribution >= 0.6 is 0 Å². The van der Waals surface area contributed by atoms with E-state index in [1.807, 2.05) is 18.2 Å². The lowest BCUT2D eigenvalue weighted by Gasteiger charge is -2.19. The van der Waals surface area contributed by atoms with Crippen LogP contribution in [0.15, 0.2) is 42.5 Å². The maximum atomic E-state index is 11.2. The first-order valence-electron chi connectivity index (χ1n) is 6.74. The smallest absolute Gasteiger partial charge is 0.229 e. The van der Waals surface area contributed by atoms with Crippen LogP contribution in [-0.4, -0.2) is 27.9 Å². The van der Waals surface area contributed by atoms with Gasteiger partial charge in [-0.2, -0.15) is 0 Å². The average molecular weight is 320 g/mol. The summed E-state index contributed by atoms with van der Waals surface area (Å²) >= 11 is 0. The number of hydrogen-bond acceptors (Lipinski definition) is 5. The van der Waals surface area contributed by atoms with Crippen LogP contribution in [-0.2, 0) is 10.0 Å². The summed E-state index contributed by atoms with van der Waals surface area (Å²) in [5, 5.41) is 3.23. The standard InChI is InChI=1S/C15H16N2O4S/c1-22(18,19)17-12-4-2-11(3-5-12)16-13-6-7-14-15(10-13)21-9-8-20-14/h2-7,10,16-17H,8-9H2,1H3. The molecule has 0 saturated heterocycles. The minimum Gasteiger partial charge on any atom is -0.486 e. The monoisotopic (exact) mass is 320 g/mol. The van der Waals surface area contributed by atoms with Gasteiger partial charge < -0.3 is 14.8 Å². The van der Waals surface area contributed by atoms with Gasteiger partial charge in [0.1, 0.15) is 13.2 Å². The number of ether oxygens (including phenoxy) is 2. The highest BCUT2D eigenvalue weighted by atomic mass is 32.2. The molecule has 2 N–H and O–H groups in total. The van der Waals surface area contributed by atoms with E-state index in [2.05, 4.69) is 10.0 Å². The third kappa shape index (κ3) is 3.62. The van der Waals surface area contributed by atoms with Gasteiger partial charge in [-0.25, -0.2) is 8.42 Å². The molecular weight excluding hydrogens is 304 g/mol. The van der Waals surface area contributed by atoms with E-state index in [-0.39, 0.29) is 0 Å². The molecule has 0 unspecified atom stereocenters. The third-order valence-electron chi connectivity index (χ3n) is 3.02. The van der Waals surface area contributed by atoms with Gasteiger partial charge in [0, 0.05) is 23.1 Å². The van der Waals surface area contributed by atoms with Crippen molar-refractivity contribution in [1.82, 2.24) is 0 Å². The Kier molecular flexibility index (Phi) is 3.81. The van der Waals surface area contributed by atoms with Gasteiger partial charge in [-0.1, -0.05) is 0 Å². The van der Waals surface area contributed by atoms with Gasteiger partial charge in [0.25, 0.3) is 0 Å². The molecule has 0 atom stereocenters. The molecule has 7 heteroatoms. The summed E-state index contributed by atoms with van der Waals surface area (Å²) in [4.78, 5) is 0. The number of fused-ring (bicyclic) bond motifs is 1. The van der Waals surface area contributed by atoms with Crippen LogP contribution in [0.25, 0.3) is 0 Å². The molecule has 0 saturated carbocycles. The predicted octanol–water partition coefficient (Wildman–Crippen LogP) is 2.57. The highest BCUT2D eigenvalue weighted by molar-refractivity contribution is 7.92. The average Bonchev–Trinajstić information content (AvgIpc) is 2.48. The maximum absolute atomic E-state index is 11.2. The van der Waals surface area contributed by atoms with Crippen molar-refractivity contribution < 1.29 is 17.9 Å². The van der Waals surface area contributed by atoms with Crippen LogP contribution in [0.1, 0.15) is 0 Å². The second kappa shape index (κ2) is 5.76. The fraction of sp³-hybridized carbons (Fsp3) is 0.200. The fourth-order valence-corrected chi connectivity index (χ4v) is 2.69. The van der Waals surface area contributed by atoms with E-state index in [0.717, 1.165) is 23.4 Å². The van der Waals surface area contributed by atoms with Crippen LogP contribution < -0.4 is 19.5 Å². The normalized spacial score (nSPS) is 13.5. The van der Waals surface area contributed by atoms with Gasteiger partial charge >= 0.3 is 0 Å². The van der Waals surface area contributed by atoms with Crippen LogP contribution in [0.5, 0.6) is 11.5 Å². The molecule has 116 valence electrons. The molecule has 2 aromatic rings. The van der Waals surface area contributed by atoms with Gasteiger partial charge in [0.2, 0.25) is 10.0 Å². The lowest BCUT2D eigenvalue weighted by Crippen LogP contribution is -2.15. The molecule has 1 aliphatic rings. The van der Waals surface area contributed by atoms with E-state index < -0.39 is 10.0 Å². The zero-order valence-corrected chi connectivity index (χ0v) is 12.8. The summed E-state index contributed by atoms with van der Waals surface area (Å²) < 4.78 is 35.7. The molecule has 0 radical (unpaired) electrons. The largest absolute Gasteiger partial charge is 0.486 e. The first-order chi connectivity index (χ1) is 10.5. The molecule has 1 aliphatic heterocycles. The van der Waals surface area contributed by atoms with Gasteiger partial charge in [0.05, 0.1) is 6.26 Å². The fourth-order valence-electron chi connectivity index (χ4n) is 2.12. The van der Waals surface area contributed by atoms with Crippen molar-refractivity contribution >= 4 is 27.1 Å². The van der Waals surface area contributed by atoms with Crippen LogP contribution in [0.2, 0.25) is 0 Å². The topological polar surface area (TPSA) is 76.7 Å².